The Morgan fingerprint density at radius 3 is 2.57 bits per heavy atom. The van der Waals surface area contributed by atoms with Crippen LogP contribution in [0, 0.1) is 0 Å². The lowest BCUT2D eigenvalue weighted by Gasteiger charge is -2.13. The van der Waals surface area contributed by atoms with Gasteiger partial charge >= 0.3 is 0 Å². The van der Waals surface area contributed by atoms with Gasteiger partial charge in [0.1, 0.15) is 6.61 Å². The van der Waals surface area contributed by atoms with E-state index in [2.05, 4.69) is 10.2 Å². The van der Waals surface area contributed by atoms with E-state index in [4.69, 9.17) is 32.5 Å². The molecule has 0 bridgehead atoms. The molecule has 0 atom stereocenters. The highest BCUT2D eigenvalue weighted by Crippen LogP contribution is 2.31. The molecule has 0 aromatic heterocycles. The molecule has 2 aromatic carbocycles. The summed E-state index contributed by atoms with van der Waals surface area (Å²) in [6, 6.07) is 12.9. The maximum Gasteiger partial charge on any atom is 0.211 e. The van der Waals surface area contributed by atoms with Crippen molar-refractivity contribution in [3.8, 4) is 11.5 Å². The fourth-order valence-corrected chi connectivity index (χ4v) is 1.97. The third kappa shape index (κ3) is 4.89. The van der Waals surface area contributed by atoms with Crippen LogP contribution in [0.25, 0.3) is 0 Å². The zero-order chi connectivity index (χ0) is 16.7. The first-order valence-electron chi connectivity index (χ1n) is 6.76. The lowest BCUT2D eigenvalue weighted by atomic mass is 10.2. The number of hydrogen-bond acceptors (Lipinski definition) is 4. The van der Waals surface area contributed by atoms with E-state index in [1.807, 2.05) is 36.4 Å². The van der Waals surface area contributed by atoms with Crippen LogP contribution in [0.1, 0.15) is 11.1 Å². The Morgan fingerprint density at radius 2 is 1.91 bits per heavy atom. The summed E-state index contributed by atoms with van der Waals surface area (Å²) < 4.78 is 11.2. The van der Waals surface area contributed by atoms with Crippen molar-refractivity contribution >= 4 is 23.8 Å². The van der Waals surface area contributed by atoms with E-state index < -0.39 is 0 Å². The average molecular weight is 333 g/mol. The number of nitrogens with zero attached hydrogens (tertiary/aromatic N) is 2. The topological polar surface area (TPSA) is 95.2 Å². The molecule has 120 valence electrons. The molecule has 2 aromatic rings. The Kier molecular flexibility index (Phi) is 5.82. The molecule has 0 radical (unpaired) electrons. The second kappa shape index (κ2) is 8.05. The molecule has 2 rings (SSSR count). The Bertz CT molecular complexity index is 711. The summed E-state index contributed by atoms with van der Waals surface area (Å²) in [5.74, 6) is 1.03. The molecule has 0 aliphatic carbocycles. The molecule has 0 unspecified atom stereocenters. The molecule has 0 fully saturated rings. The molecular weight excluding hydrogens is 316 g/mol. The normalized spacial score (nSPS) is 10.5. The molecule has 0 aliphatic rings. The minimum absolute atomic E-state index is 0.118. The van der Waals surface area contributed by atoms with Crippen molar-refractivity contribution < 1.29 is 9.47 Å². The largest absolute Gasteiger partial charge is 0.493 e. The van der Waals surface area contributed by atoms with Gasteiger partial charge in [0.05, 0.1) is 13.3 Å². The minimum atomic E-state index is -0.118. The number of hydrogen-bond donors (Lipinski definition) is 2. The highest BCUT2D eigenvalue weighted by molar-refractivity contribution is 6.30. The summed E-state index contributed by atoms with van der Waals surface area (Å²) in [4.78, 5) is 0. The van der Waals surface area contributed by atoms with Crippen LogP contribution in [0.15, 0.2) is 52.7 Å². The van der Waals surface area contributed by atoms with Gasteiger partial charge in [-0.25, -0.2) is 0 Å². The maximum atomic E-state index is 5.87. The van der Waals surface area contributed by atoms with E-state index in [9.17, 15) is 0 Å². The zero-order valence-electron chi connectivity index (χ0n) is 12.6. The van der Waals surface area contributed by atoms with Gasteiger partial charge in [-0.3, -0.25) is 0 Å². The van der Waals surface area contributed by atoms with Crippen LogP contribution in [-0.4, -0.2) is 19.3 Å². The molecular formula is C16H17ClN4O2. The number of rotatable bonds is 6. The number of halogens is 1. The van der Waals surface area contributed by atoms with Crippen LogP contribution >= 0.6 is 11.6 Å². The van der Waals surface area contributed by atoms with E-state index in [1.165, 1.54) is 6.21 Å². The maximum absolute atomic E-state index is 5.87. The first-order valence-corrected chi connectivity index (χ1v) is 7.14. The van der Waals surface area contributed by atoms with Crippen LogP contribution in [0.2, 0.25) is 5.02 Å². The lowest BCUT2D eigenvalue weighted by molar-refractivity contribution is 0.284. The van der Waals surface area contributed by atoms with Gasteiger partial charge < -0.3 is 20.9 Å². The molecule has 6 nitrogen and oxygen atoms in total. The molecule has 0 spiro atoms. The van der Waals surface area contributed by atoms with Gasteiger partial charge in [0, 0.05) is 10.6 Å². The molecule has 0 aliphatic heterocycles. The minimum Gasteiger partial charge on any atom is -0.493 e. The molecule has 0 amide bonds. The van der Waals surface area contributed by atoms with Crippen LogP contribution in [-0.2, 0) is 6.61 Å². The number of ether oxygens (including phenoxy) is 2. The smallest absolute Gasteiger partial charge is 0.211 e. The Labute approximate surface area is 139 Å². The fraction of sp³-hybridized carbons (Fsp3) is 0.125. The van der Waals surface area contributed by atoms with Gasteiger partial charge in [-0.05, 0) is 29.8 Å². The number of benzene rings is 2. The fourth-order valence-electron chi connectivity index (χ4n) is 1.84. The quantitative estimate of drug-likeness (QED) is 0.482. The average Bonchev–Trinajstić information content (AvgIpc) is 2.54. The Morgan fingerprint density at radius 1 is 1.17 bits per heavy atom. The van der Waals surface area contributed by atoms with Crippen LogP contribution in [0.4, 0.5) is 0 Å². The zero-order valence-corrected chi connectivity index (χ0v) is 13.3. The summed E-state index contributed by atoms with van der Waals surface area (Å²) in [6.45, 7) is 0.362. The first-order chi connectivity index (χ1) is 11.1. The highest BCUT2D eigenvalue weighted by atomic mass is 35.5. The van der Waals surface area contributed by atoms with Crippen molar-refractivity contribution in [1.29, 1.82) is 0 Å². The Balaban J connectivity index is 2.22. The Hall–Kier alpha value is -2.73. The summed E-state index contributed by atoms with van der Waals surface area (Å²) in [6.07, 6.45) is 1.50. The van der Waals surface area contributed by atoms with Crippen LogP contribution < -0.4 is 20.9 Å². The first kappa shape index (κ1) is 16.6. The van der Waals surface area contributed by atoms with Crippen LogP contribution in [0.5, 0.6) is 11.5 Å². The second-order valence-corrected chi connectivity index (χ2v) is 5.00. The van der Waals surface area contributed by atoms with Gasteiger partial charge in [0.25, 0.3) is 0 Å². The number of methoxy groups -OCH3 is 1. The van der Waals surface area contributed by atoms with E-state index in [-0.39, 0.29) is 5.96 Å². The highest BCUT2D eigenvalue weighted by Gasteiger charge is 2.09. The van der Waals surface area contributed by atoms with Gasteiger partial charge in [0.2, 0.25) is 5.96 Å². The summed E-state index contributed by atoms with van der Waals surface area (Å²) >= 11 is 5.87. The molecule has 23 heavy (non-hydrogen) atoms. The molecule has 0 heterocycles. The predicted octanol–water partition coefficient (Wildman–Crippen LogP) is 2.53. The van der Waals surface area contributed by atoms with Crippen molar-refractivity contribution in [2.45, 2.75) is 6.61 Å². The monoisotopic (exact) mass is 332 g/mol. The van der Waals surface area contributed by atoms with E-state index in [1.54, 1.807) is 13.2 Å². The number of nitrogens with two attached hydrogens (primary N) is 2. The predicted molar refractivity (Wildman–Crippen MR) is 92.2 cm³/mol. The number of para-hydroxylation sites is 1. The van der Waals surface area contributed by atoms with Crippen molar-refractivity contribution in [1.82, 2.24) is 0 Å². The van der Waals surface area contributed by atoms with Gasteiger partial charge in [-0.1, -0.05) is 29.8 Å². The molecule has 7 heteroatoms. The summed E-state index contributed by atoms with van der Waals surface area (Å²) in [5.41, 5.74) is 12.2. The summed E-state index contributed by atoms with van der Waals surface area (Å²) in [7, 11) is 1.57. The second-order valence-electron chi connectivity index (χ2n) is 4.56. The summed E-state index contributed by atoms with van der Waals surface area (Å²) in [5, 5.41) is 8.06. The lowest BCUT2D eigenvalue weighted by Crippen LogP contribution is -2.21. The van der Waals surface area contributed by atoms with Gasteiger partial charge in [0.15, 0.2) is 11.5 Å². The molecule has 4 N–H and O–H groups in total. The third-order valence-electron chi connectivity index (χ3n) is 2.90. The van der Waals surface area contributed by atoms with Gasteiger partial charge in [-0.15, -0.1) is 5.10 Å². The SMILES string of the molecule is COc1cccc(/C=N/N=C(N)N)c1OCc1ccc(Cl)cc1. The van der Waals surface area contributed by atoms with Crippen molar-refractivity contribution in [3.63, 3.8) is 0 Å². The van der Waals surface area contributed by atoms with Crippen LogP contribution in [0.3, 0.4) is 0 Å². The van der Waals surface area contributed by atoms with E-state index in [0.717, 1.165) is 5.56 Å². The van der Waals surface area contributed by atoms with Gasteiger partial charge in [-0.2, -0.15) is 5.10 Å². The van der Waals surface area contributed by atoms with Crippen molar-refractivity contribution in [3.05, 3.63) is 58.6 Å². The molecule has 0 saturated carbocycles. The van der Waals surface area contributed by atoms with E-state index >= 15 is 0 Å². The van der Waals surface area contributed by atoms with Crippen molar-refractivity contribution in [2.24, 2.45) is 21.7 Å². The van der Waals surface area contributed by atoms with Crippen molar-refractivity contribution in [2.75, 3.05) is 7.11 Å². The molecule has 0 saturated heterocycles. The standard InChI is InChI=1S/C16H17ClN4O2/c1-22-14-4-2-3-12(9-20-21-16(18)19)15(14)23-10-11-5-7-13(17)8-6-11/h2-9H,10H2,1H3,(H4,18,19,21)/b20-9+. The third-order valence-corrected chi connectivity index (χ3v) is 3.15. The van der Waals surface area contributed by atoms with E-state index in [0.29, 0.717) is 28.7 Å². The number of guanidine groups is 1.